The SMILES string of the molecule is CCN1CCCC1CNC1CCN(C(=O)N(C)C)CC1. The Labute approximate surface area is 123 Å². The van der Waals surface area contributed by atoms with Crippen LogP contribution in [0.1, 0.15) is 32.6 Å². The average Bonchev–Trinajstić information content (AvgIpc) is 2.92. The molecule has 1 unspecified atom stereocenters. The summed E-state index contributed by atoms with van der Waals surface area (Å²) in [6.07, 6.45) is 4.84. The molecule has 20 heavy (non-hydrogen) atoms. The zero-order valence-corrected chi connectivity index (χ0v) is 13.3. The number of nitrogens with zero attached hydrogens (tertiary/aromatic N) is 3. The van der Waals surface area contributed by atoms with Crippen LogP contribution in [0.15, 0.2) is 0 Å². The molecular weight excluding hydrogens is 252 g/mol. The van der Waals surface area contributed by atoms with Gasteiger partial charge in [-0.3, -0.25) is 4.90 Å². The van der Waals surface area contributed by atoms with Crippen molar-refractivity contribution in [3.63, 3.8) is 0 Å². The highest BCUT2D eigenvalue weighted by Crippen LogP contribution is 2.17. The van der Waals surface area contributed by atoms with Gasteiger partial charge in [-0.25, -0.2) is 4.79 Å². The van der Waals surface area contributed by atoms with E-state index in [0.29, 0.717) is 6.04 Å². The van der Waals surface area contributed by atoms with Gasteiger partial charge in [0.2, 0.25) is 0 Å². The highest BCUT2D eigenvalue weighted by molar-refractivity contribution is 5.73. The Bertz CT molecular complexity index is 313. The van der Waals surface area contributed by atoms with Gasteiger partial charge in [0, 0.05) is 45.8 Å². The molecule has 5 heteroatoms. The molecule has 0 aliphatic carbocycles. The second-order valence-electron chi connectivity index (χ2n) is 6.27. The Morgan fingerprint density at radius 1 is 1.20 bits per heavy atom. The maximum Gasteiger partial charge on any atom is 0.319 e. The summed E-state index contributed by atoms with van der Waals surface area (Å²) >= 11 is 0. The minimum absolute atomic E-state index is 0.149. The van der Waals surface area contributed by atoms with Crippen LogP contribution in [0.2, 0.25) is 0 Å². The molecule has 2 saturated heterocycles. The number of hydrogen-bond donors (Lipinski definition) is 1. The molecule has 2 amide bonds. The Morgan fingerprint density at radius 3 is 2.50 bits per heavy atom. The van der Waals surface area contributed by atoms with Crippen molar-refractivity contribution in [3.8, 4) is 0 Å². The summed E-state index contributed by atoms with van der Waals surface area (Å²) in [4.78, 5) is 18.1. The fourth-order valence-corrected chi connectivity index (χ4v) is 3.40. The zero-order valence-electron chi connectivity index (χ0n) is 13.3. The summed E-state index contributed by atoms with van der Waals surface area (Å²) in [5.41, 5.74) is 0. The van der Waals surface area contributed by atoms with Crippen molar-refractivity contribution < 1.29 is 4.79 Å². The van der Waals surface area contributed by atoms with Crippen molar-refractivity contribution >= 4 is 6.03 Å². The van der Waals surface area contributed by atoms with Crippen molar-refractivity contribution in [2.45, 2.75) is 44.7 Å². The van der Waals surface area contributed by atoms with E-state index in [9.17, 15) is 4.79 Å². The Hall–Kier alpha value is -0.810. The lowest BCUT2D eigenvalue weighted by Crippen LogP contribution is -2.50. The van der Waals surface area contributed by atoms with Crippen LogP contribution in [0.5, 0.6) is 0 Å². The molecule has 2 aliphatic heterocycles. The van der Waals surface area contributed by atoms with E-state index in [4.69, 9.17) is 0 Å². The monoisotopic (exact) mass is 282 g/mol. The van der Waals surface area contributed by atoms with Crippen molar-refractivity contribution in [1.82, 2.24) is 20.0 Å². The zero-order chi connectivity index (χ0) is 14.5. The summed E-state index contributed by atoms with van der Waals surface area (Å²) in [6, 6.07) is 1.46. The molecule has 0 aromatic rings. The molecule has 2 heterocycles. The second kappa shape index (κ2) is 7.27. The van der Waals surface area contributed by atoms with Gasteiger partial charge in [0.25, 0.3) is 0 Å². The van der Waals surface area contributed by atoms with Gasteiger partial charge < -0.3 is 15.1 Å². The molecule has 2 rings (SSSR count). The number of amides is 2. The van der Waals surface area contributed by atoms with Crippen LogP contribution in [0.4, 0.5) is 4.79 Å². The average molecular weight is 282 g/mol. The molecule has 0 aromatic heterocycles. The number of nitrogens with one attached hydrogen (secondary N) is 1. The minimum Gasteiger partial charge on any atom is -0.331 e. The smallest absolute Gasteiger partial charge is 0.319 e. The van der Waals surface area contributed by atoms with Crippen LogP contribution in [0.25, 0.3) is 0 Å². The van der Waals surface area contributed by atoms with E-state index in [-0.39, 0.29) is 6.03 Å². The van der Waals surface area contributed by atoms with E-state index in [2.05, 4.69) is 17.1 Å². The van der Waals surface area contributed by atoms with Crippen LogP contribution in [-0.2, 0) is 0 Å². The van der Waals surface area contributed by atoms with Gasteiger partial charge in [-0.2, -0.15) is 0 Å². The third kappa shape index (κ3) is 3.85. The Kier molecular flexibility index (Phi) is 5.66. The van der Waals surface area contributed by atoms with Gasteiger partial charge in [-0.15, -0.1) is 0 Å². The number of urea groups is 1. The Balaban J connectivity index is 1.68. The fourth-order valence-electron chi connectivity index (χ4n) is 3.40. The normalized spacial score (nSPS) is 25.1. The first kappa shape index (κ1) is 15.6. The number of likely N-dealkylation sites (N-methyl/N-ethyl adjacent to an activating group) is 1. The van der Waals surface area contributed by atoms with Crippen LogP contribution in [0.3, 0.4) is 0 Å². The molecule has 1 N–H and O–H groups in total. The number of carbonyl (C=O) groups excluding carboxylic acids is 1. The van der Waals surface area contributed by atoms with Crippen LogP contribution in [-0.4, -0.2) is 79.6 Å². The summed E-state index contributed by atoms with van der Waals surface area (Å²) < 4.78 is 0. The topological polar surface area (TPSA) is 38.8 Å². The summed E-state index contributed by atoms with van der Waals surface area (Å²) in [7, 11) is 3.65. The molecule has 0 radical (unpaired) electrons. The molecular formula is C15H30N4O. The van der Waals surface area contributed by atoms with Gasteiger partial charge in [0.15, 0.2) is 0 Å². The summed E-state index contributed by atoms with van der Waals surface area (Å²) in [5, 5.41) is 3.72. The number of rotatable bonds is 4. The maximum atomic E-state index is 11.9. The highest BCUT2D eigenvalue weighted by Gasteiger charge is 2.26. The molecule has 0 aromatic carbocycles. The predicted octanol–water partition coefficient (Wildman–Crippen LogP) is 1.21. The van der Waals surface area contributed by atoms with E-state index in [1.54, 1.807) is 4.90 Å². The summed E-state index contributed by atoms with van der Waals surface area (Å²) in [6.45, 7) is 7.57. The van der Waals surface area contributed by atoms with Crippen molar-refractivity contribution in [2.24, 2.45) is 0 Å². The fraction of sp³-hybridized carbons (Fsp3) is 0.933. The predicted molar refractivity (Wildman–Crippen MR) is 81.9 cm³/mol. The molecule has 0 bridgehead atoms. The van der Waals surface area contributed by atoms with E-state index < -0.39 is 0 Å². The second-order valence-corrected chi connectivity index (χ2v) is 6.27. The standard InChI is InChI=1S/C15H30N4O/c1-4-18-9-5-6-14(18)12-16-13-7-10-19(11-8-13)15(20)17(2)3/h13-14,16H,4-12H2,1-3H3. The molecule has 1 atom stereocenters. The first-order valence-corrected chi connectivity index (χ1v) is 8.05. The van der Waals surface area contributed by atoms with Gasteiger partial charge in [-0.1, -0.05) is 6.92 Å². The molecule has 0 saturated carbocycles. The van der Waals surface area contributed by atoms with Crippen molar-refractivity contribution in [3.05, 3.63) is 0 Å². The number of likely N-dealkylation sites (tertiary alicyclic amines) is 2. The maximum absolute atomic E-state index is 11.9. The lowest BCUT2D eigenvalue weighted by Gasteiger charge is -2.35. The van der Waals surface area contributed by atoms with E-state index in [1.165, 1.54) is 25.9 Å². The minimum atomic E-state index is 0.149. The molecule has 116 valence electrons. The van der Waals surface area contributed by atoms with E-state index in [1.807, 2.05) is 19.0 Å². The molecule has 5 nitrogen and oxygen atoms in total. The lowest BCUT2D eigenvalue weighted by molar-refractivity contribution is 0.150. The molecule has 2 fully saturated rings. The number of hydrogen-bond acceptors (Lipinski definition) is 3. The first-order chi connectivity index (χ1) is 9.61. The third-order valence-corrected chi connectivity index (χ3v) is 4.70. The highest BCUT2D eigenvalue weighted by atomic mass is 16.2. The lowest BCUT2D eigenvalue weighted by atomic mass is 10.0. The first-order valence-electron chi connectivity index (χ1n) is 8.05. The third-order valence-electron chi connectivity index (χ3n) is 4.70. The summed E-state index contributed by atoms with van der Waals surface area (Å²) in [5.74, 6) is 0. The quantitative estimate of drug-likeness (QED) is 0.842. The van der Waals surface area contributed by atoms with Gasteiger partial charge >= 0.3 is 6.03 Å². The van der Waals surface area contributed by atoms with Crippen molar-refractivity contribution in [1.29, 1.82) is 0 Å². The molecule has 2 aliphatic rings. The number of piperidine rings is 1. The van der Waals surface area contributed by atoms with Crippen molar-refractivity contribution in [2.75, 3.05) is 46.8 Å². The number of carbonyl (C=O) groups is 1. The van der Waals surface area contributed by atoms with E-state index >= 15 is 0 Å². The van der Waals surface area contributed by atoms with Gasteiger partial charge in [-0.05, 0) is 38.8 Å². The van der Waals surface area contributed by atoms with Crippen LogP contribution >= 0.6 is 0 Å². The van der Waals surface area contributed by atoms with Gasteiger partial charge in [0.05, 0.1) is 0 Å². The largest absolute Gasteiger partial charge is 0.331 e. The van der Waals surface area contributed by atoms with Crippen LogP contribution in [0, 0.1) is 0 Å². The van der Waals surface area contributed by atoms with Gasteiger partial charge in [0.1, 0.15) is 0 Å². The Morgan fingerprint density at radius 2 is 1.90 bits per heavy atom. The molecule has 0 spiro atoms. The van der Waals surface area contributed by atoms with Crippen LogP contribution < -0.4 is 5.32 Å². The van der Waals surface area contributed by atoms with E-state index in [0.717, 1.165) is 38.5 Å².